The molecular formula is C18H25N3O3. The standard InChI is InChI=1S/C18H25N3O3/c1-5-13-6-8-14(9-7-13)12(4)19-15(22)10-21-17(23)16(11(2)3)20-18(21)24/h6-9,11-12,16H,5,10H2,1-4H3,(H,19,22)(H,20,24). The van der Waals surface area contributed by atoms with Crippen molar-refractivity contribution in [2.45, 2.75) is 46.2 Å². The van der Waals surface area contributed by atoms with E-state index in [-0.39, 0.29) is 30.3 Å². The van der Waals surface area contributed by atoms with Crippen molar-refractivity contribution in [3.8, 4) is 0 Å². The molecule has 2 rings (SSSR count). The predicted molar refractivity (Wildman–Crippen MR) is 91.2 cm³/mol. The van der Waals surface area contributed by atoms with E-state index in [1.807, 2.05) is 45.0 Å². The monoisotopic (exact) mass is 331 g/mol. The van der Waals surface area contributed by atoms with Gasteiger partial charge in [0.05, 0.1) is 6.04 Å². The van der Waals surface area contributed by atoms with E-state index in [1.165, 1.54) is 5.56 Å². The Bertz CT molecular complexity index is 625. The third kappa shape index (κ3) is 3.93. The summed E-state index contributed by atoms with van der Waals surface area (Å²) in [6.07, 6.45) is 0.963. The maximum absolute atomic E-state index is 12.2. The van der Waals surface area contributed by atoms with Crippen LogP contribution >= 0.6 is 0 Å². The molecule has 130 valence electrons. The van der Waals surface area contributed by atoms with Gasteiger partial charge in [0, 0.05) is 0 Å². The lowest BCUT2D eigenvalue weighted by molar-refractivity contribution is -0.133. The van der Waals surface area contributed by atoms with Crippen molar-refractivity contribution in [1.29, 1.82) is 0 Å². The van der Waals surface area contributed by atoms with E-state index in [1.54, 1.807) is 0 Å². The Kier molecular flexibility index (Phi) is 5.59. The summed E-state index contributed by atoms with van der Waals surface area (Å²) in [5, 5.41) is 5.45. The van der Waals surface area contributed by atoms with E-state index >= 15 is 0 Å². The quantitative estimate of drug-likeness (QED) is 0.783. The van der Waals surface area contributed by atoms with Gasteiger partial charge in [-0.3, -0.25) is 14.5 Å². The number of benzene rings is 1. The highest BCUT2D eigenvalue weighted by Gasteiger charge is 2.40. The van der Waals surface area contributed by atoms with E-state index in [0.717, 1.165) is 16.9 Å². The van der Waals surface area contributed by atoms with Crippen LogP contribution in [0.3, 0.4) is 0 Å². The van der Waals surface area contributed by atoms with Gasteiger partial charge in [-0.15, -0.1) is 0 Å². The van der Waals surface area contributed by atoms with Crippen LogP contribution in [0.1, 0.15) is 44.9 Å². The first kappa shape index (κ1) is 18.0. The maximum atomic E-state index is 12.2. The molecule has 2 atom stereocenters. The SMILES string of the molecule is CCc1ccc(C(C)NC(=O)CN2C(=O)NC(C(C)C)C2=O)cc1. The molecule has 0 aliphatic carbocycles. The number of carbonyl (C=O) groups excluding carboxylic acids is 3. The molecule has 1 aromatic rings. The number of hydrogen-bond donors (Lipinski definition) is 2. The van der Waals surface area contributed by atoms with Crippen LogP contribution in [-0.2, 0) is 16.0 Å². The largest absolute Gasteiger partial charge is 0.348 e. The van der Waals surface area contributed by atoms with Crippen LogP contribution in [0.25, 0.3) is 0 Å². The maximum Gasteiger partial charge on any atom is 0.325 e. The lowest BCUT2D eigenvalue weighted by Crippen LogP contribution is -2.42. The average Bonchev–Trinajstić information content (AvgIpc) is 2.83. The third-order valence-corrected chi connectivity index (χ3v) is 4.29. The normalized spacial score (nSPS) is 18.7. The Labute approximate surface area is 142 Å². The molecule has 1 fully saturated rings. The van der Waals surface area contributed by atoms with Crippen molar-refractivity contribution in [3.05, 3.63) is 35.4 Å². The molecule has 0 bridgehead atoms. The van der Waals surface area contributed by atoms with Crippen molar-refractivity contribution in [3.63, 3.8) is 0 Å². The minimum Gasteiger partial charge on any atom is -0.348 e. The summed E-state index contributed by atoms with van der Waals surface area (Å²) in [6.45, 7) is 7.42. The zero-order valence-electron chi connectivity index (χ0n) is 14.6. The summed E-state index contributed by atoms with van der Waals surface area (Å²) in [5.74, 6) is -0.703. The fraction of sp³-hybridized carbons (Fsp3) is 0.500. The minimum absolute atomic E-state index is 0.00878. The molecule has 0 radical (unpaired) electrons. The van der Waals surface area contributed by atoms with Crippen LogP contribution in [0.5, 0.6) is 0 Å². The number of carbonyl (C=O) groups is 3. The Morgan fingerprint density at radius 2 is 1.83 bits per heavy atom. The van der Waals surface area contributed by atoms with E-state index in [2.05, 4.69) is 17.6 Å². The Balaban J connectivity index is 1.95. The average molecular weight is 331 g/mol. The first-order chi connectivity index (χ1) is 11.3. The van der Waals surface area contributed by atoms with Gasteiger partial charge in [0.1, 0.15) is 12.6 Å². The Morgan fingerprint density at radius 1 is 1.21 bits per heavy atom. The number of imide groups is 1. The van der Waals surface area contributed by atoms with E-state index in [4.69, 9.17) is 0 Å². The van der Waals surface area contributed by atoms with Crippen LogP contribution in [0.2, 0.25) is 0 Å². The molecular weight excluding hydrogens is 306 g/mol. The van der Waals surface area contributed by atoms with Crippen LogP contribution in [-0.4, -0.2) is 35.3 Å². The van der Waals surface area contributed by atoms with Gasteiger partial charge in [0.2, 0.25) is 5.91 Å². The second kappa shape index (κ2) is 7.47. The Morgan fingerprint density at radius 3 is 2.33 bits per heavy atom. The van der Waals surface area contributed by atoms with Gasteiger partial charge < -0.3 is 10.6 Å². The van der Waals surface area contributed by atoms with Gasteiger partial charge in [-0.25, -0.2) is 4.79 Å². The van der Waals surface area contributed by atoms with E-state index in [9.17, 15) is 14.4 Å². The minimum atomic E-state index is -0.552. The first-order valence-corrected chi connectivity index (χ1v) is 8.33. The van der Waals surface area contributed by atoms with Crippen LogP contribution in [0.4, 0.5) is 4.79 Å². The fourth-order valence-electron chi connectivity index (χ4n) is 2.70. The van der Waals surface area contributed by atoms with Crippen LogP contribution < -0.4 is 10.6 Å². The molecule has 1 saturated heterocycles. The third-order valence-electron chi connectivity index (χ3n) is 4.29. The summed E-state index contributed by atoms with van der Waals surface area (Å²) in [4.78, 5) is 37.2. The van der Waals surface area contributed by atoms with Gasteiger partial charge in [0.25, 0.3) is 5.91 Å². The number of nitrogens with zero attached hydrogens (tertiary/aromatic N) is 1. The predicted octanol–water partition coefficient (Wildman–Crippen LogP) is 2.00. The van der Waals surface area contributed by atoms with Gasteiger partial charge in [-0.05, 0) is 30.4 Å². The fourth-order valence-corrected chi connectivity index (χ4v) is 2.70. The van der Waals surface area contributed by atoms with Gasteiger partial charge in [-0.1, -0.05) is 45.0 Å². The van der Waals surface area contributed by atoms with Crippen molar-refractivity contribution < 1.29 is 14.4 Å². The summed E-state index contributed by atoms with van der Waals surface area (Å²) in [5.41, 5.74) is 2.22. The number of aryl methyl sites for hydroxylation is 1. The van der Waals surface area contributed by atoms with E-state index in [0.29, 0.717) is 0 Å². The van der Waals surface area contributed by atoms with Gasteiger partial charge in [-0.2, -0.15) is 0 Å². The second-order valence-electron chi connectivity index (χ2n) is 6.48. The molecule has 0 saturated carbocycles. The highest BCUT2D eigenvalue weighted by atomic mass is 16.2. The number of rotatable bonds is 6. The van der Waals surface area contributed by atoms with Crippen LogP contribution in [0.15, 0.2) is 24.3 Å². The number of urea groups is 1. The Hall–Kier alpha value is -2.37. The van der Waals surface area contributed by atoms with Crippen molar-refractivity contribution in [1.82, 2.24) is 15.5 Å². The van der Waals surface area contributed by atoms with Crippen molar-refractivity contribution >= 4 is 17.8 Å². The molecule has 4 amide bonds. The molecule has 1 heterocycles. The highest BCUT2D eigenvalue weighted by Crippen LogP contribution is 2.15. The summed E-state index contributed by atoms with van der Waals surface area (Å²) < 4.78 is 0. The topological polar surface area (TPSA) is 78.5 Å². The summed E-state index contributed by atoms with van der Waals surface area (Å²) in [6, 6.07) is 6.77. The molecule has 1 aliphatic heterocycles. The molecule has 2 unspecified atom stereocenters. The number of amides is 4. The lowest BCUT2D eigenvalue weighted by atomic mass is 10.0. The van der Waals surface area contributed by atoms with Crippen molar-refractivity contribution in [2.24, 2.45) is 5.92 Å². The highest BCUT2D eigenvalue weighted by molar-refractivity contribution is 6.06. The van der Waals surface area contributed by atoms with E-state index < -0.39 is 12.1 Å². The first-order valence-electron chi connectivity index (χ1n) is 8.33. The van der Waals surface area contributed by atoms with Gasteiger partial charge in [0.15, 0.2) is 0 Å². The number of nitrogens with one attached hydrogen (secondary N) is 2. The molecule has 6 nitrogen and oxygen atoms in total. The van der Waals surface area contributed by atoms with Gasteiger partial charge >= 0.3 is 6.03 Å². The molecule has 24 heavy (non-hydrogen) atoms. The zero-order chi connectivity index (χ0) is 17.9. The number of hydrogen-bond acceptors (Lipinski definition) is 3. The molecule has 0 spiro atoms. The zero-order valence-corrected chi connectivity index (χ0v) is 14.6. The summed E-state index contributed by atoms with van der Waals surface area (Å²) >= 11 is 0. The molecule has 2 N–H and O–H groups in total. The second-order valence-corrected chi connectivity index (χ2v) is 6.48. The van der Waals surface area contributed by atoms with Crippen LogP contribution in [0, 0.1) is 5.92 Å². The molecule has 1 aliphatic rings. The molecule has 1 aromatic carbocycles. The molecule has 0 aromatic heterocycles. The van der Waals surface area contributed by atoms with Crippen molar-refractivity contribution in [2.75, 3.05) is 6.54 Å². The summed E-state index contributed by atoms with van der Waals surface area (Å²) in [7, 11) is 0. The molecule has 6 heteroatoms. The smallest absolute Gasteiger partial charge is 0.325 e. The lowest BCUT2D eigenvalue weighted by Gasteiger charge is -2.18.